The monoisotopic (exact) mass is 243 g/mol. The Bertz CT molecular complexity index is 588. The third kappa shape index (κ3) is 2.59. The maximum Gasteiger partial charge on any atom is 0.256 e. The molecule has 4 heteroatoms. The Morgan fingerprint density at radius 1 is 1.22 bits per heavy atom. The van der Waals surface area contributed by atoms with Gasteiger partial charge < -0.3 is 4.90 Å². The number of nitrogens with one attached hydrogen (secondary N) is 1. The molecule has 0 atom stereocenters. The Morgan fingerprint density at radius 2 is 1.89 bits per heavy atom. The molecule has 4 nitrogen and oxygen atoms in total. The lowest BCUT2D eigenvalue weighted by molar-refractivity contribution is 0.923. The summed E-state index contributed by atoms with van der Waals surface area (Å²) in [7, 11) is 3.71. The SMILES string of the molecule is Cc1nc(N(C)C)[nH]c(=O)c1Cc1ccccc1. The number of benzene rings is 1. The Kier molecular flexibility index (Phi) is 3.46. The first kappa shape index (κ1) is 12.4. The van der Waals surface area contributed by atoms with Gasteiger partial charge in [0.2, 0.25) is 5.95 Å². The summed E-state index contributed by atoms with van der Waals surface area (Å²) < 4.78 is 0. The minimum Gasteiger partial charge on any atom is -0.348 e. The van der Waals surface area contributed by atoms with E-state index in [1.165, 1.54) is 0 Å². The topological polar surface area (TPSA) is 49.0 Å². The van der Waals surface area contributed by atoms with Crippen molar-refractivity contribution in [1.29, 1.82) is 0 Å². The molecule has 1 aromatic carbocycles. The van der Waals surface area contributed by atoms with Gasteiger partial charge in [0, 0.05) is 26.1 Å². The summed E-state index contributed by atoms with van der Waals surface area (Å²) in [4.78, 5) is 21.0. The van der Waals surface area contributed by atoms with E-state index >= 15 is 0 Å². The second-order valence-corrected chi connectivity index (χ2v) is 4.51. The molecule has 0 radical (unpaired) electrons. The maximum absolute atomic E-state index is 12.0. The number of anilines is 1. The van der Waals surface area contributed by atoms with E-state index in [1.54, 1.807) is 4.90 Å². The lowest BCUT2D eigenvalue weighted by Gasteiger charge is -2.13. The molecule has 0 fully saturated rings. The summed E-state index contributed by atoms with van der Waals surface area (Å²) in [5.41, 5.74) is 2.57. The number of H-pyrrole nitrogens is 1. The Hall–Kier alpha value is -2.10. The predicted octanol–water partition coefficient (Wildman–Crippen LogP) is 1.74. The van der Waals surface area contributed by atoms with Gasteiger partial charge in [-0.1, -0.05) is 30.3 Å². The molecule has 0 spiro atoms. The van der Waals surface area contributed by atoms with Crippen molar-refractivity contribution >= 4 is 5.95 Å². The lowest BCUT2D eigenvalue weighted by atomic mass is 10.1. The van der Waals surface area contributed by atoms with Crippen LogP contribution in [0, 0.1) is 6.92 Å². The molecule has 0 aliphatic rings. The molecule has 0 unspecified atom stereocenters. The number of hydrogen-bond acceptors (Lipinski definition) is 3. The molecule has 0 bridgehead atoms. The predicted molar refractivity (Wildman–Crippen MR) is 73.2 cm³/mol. The zero-order valence-electron chi connectivity index (χ0n) is 10.9. The first-order chi connectivity index (χ1) is 8.58. The van der Waals surface area contributed by atoms with Gasteiger partial charge in [-0.2, -0.15) is 0 Å². The fourth-order valence-corrected chi connectivity index (χ4v) is 1.82. The molecule has 0 aliphatic heterocycles. The standard InChI is InChI=1S/C14H17N3O/c1-10-12(9-11-7-5-4-6-8-11)13(18)16-14(15-10)17(2)3/h4-8H,9H2,1-3H3,(H,15,16,18). The average molecular weight is 243 g/mol. The summed E-state index contributed by atoms with van der Waals surface area (Å²) in [5, 5.41) is 0. The molecule has 94 valence electrons. The lowest BCUT2D eigenvalue weighted by Crippen LogP contribution is -2.23. The number of hydrogen-bond donors (Lipinski definition) is 1. The molecule has 0 saturated carbocycles. The largest absolute Gasteiger partial charge is 0.348 e. The Balaban J connectivity index is 2.38. The molecular formula is C14H17N3O. The van der Waals surface area contributed by atoms with Gasteiger partial charge in [0.15, 0.2) is 0 Å². The number of aromatic nitrogens is 2. The minimum absolute atomic E-state index is 0.0601. The summed E-state index contributed by atoms with van der Waals surface area (Å²) in [6, 6.07) is 9.94. The van der Waals surface area contributed by atoms with Gasteiger partial charge in [-0.3, -0.25) is 9.78 Å². The summed E-state index contributed by atoms with van der Waals surface area (Å²) in [6.45, 7) is 1.88. The molecule has 0 amide bonds. The highest BCUT2D eigenvalue weighted by Gasteiger charge is 2.09. The highest BCUT2D eigenvalue weighted by atomic mass is 16.1. The van der Waals surface area contributed by atoms with E-state index in [-0.39, 0.29) is 5.56 Å². The number of rotatable bonds is 3. The Morgan fingerprint density at radius 3 is 2.44 bits per heavy atom. The van der Waals surface area contributed by atoms with Gasteiger partial charge >= 0.3 is 0 Å². The van der Waals surface area contributed by atoms with E-state index in [0.29, 0.717) is 12.4 Å². The van der Waals surface area contributed by atoms with Gasteiger partial charge in [0.25, 0.3) is 5.56 Å². The van der Waals surface area contributed by atoms with Crippen molar-refractivity contribution in [2.75, 3.05) is 19.0 Å². The van der Waals surface area contributed by atoms with Crippen molar-refractivity contribution in [3.8, 4) is 0 Å². The average Bonchev–Trinajstić information content (AvgIpc) is 2.34. The van der Waals surface area contributed by atoms with Crippen molar-refractivity contribution in [1.82, 2.24) is 9.97 Å². The minimum atomic E-state index is -0.0601. The van der Waals surface area contributed by atoms with Crippen LogP contribution in [0.25, 0.3) is 0 Å². The summed E-state index contributed by atoms with van der Waals surface area (Å²) >= 11 is 0. The van der Waals surface area contributed by atoms with Crippen LogP contribution in [0.5, 0.6) is 0 Å². The van der Waals surface area contributed by atoms with E-state index in [1.807, 2.05) is 51.4 Å². The molecule has 2 rings (SSSR count). The van der Waals surface area contributed by atoms with Crippen LogP contribution < -0.4 is 10.5 Å². The smallest absolute Gasteiger partial charge is 0.256 e. The van der Waals surface area contributed by atoms with Crippen LogP contribution >= 0.6 is 0 Å². The molecular weight excluding hydrogens is 226 g/mol. The zero-order valence-corrected chi connectivity index (χ0v) is 10.9. The summed E-state index contributed by atoms with van der Waals surface area (Å²) in [5.74, 6) is 0.592. The van der Waals surface area contributed by atoms with Crippen molar-refractivity contribution < 1.29 is 0 Å². The van der Waals surface area contributed by atoms with Crippen LogP contribution in [-0.4, -0.2) is 24.1 Å². The van der Waals surface area contributed by atoms with Crippen molar-refractivity contribution in [2.24, 2.45) is 0 Å². The molecule has 1 N–H and O–H groups in total. The number of aryl methyl sites for hydroxylation is 1. The second-order valence-electron chi connectivity index (χ2n) is 4.51. The normalized spacial score (nSPS) is 10.4. The van der Waals surface area contributed by atoms with Crippen LogP contribution in [0.4, 0.5) is 5.95 Å². The number of aromatic amines is 1. The van der Waals surface area contributed by atoms with Gasteiger partial charge in [0.1, 0.15) is 0 Å². The van der Waals surface area contributed by atoms with Crippen LogP contribution in [0.2, 0.25) is 0 Å². The quantitative estimate of drug-likeness (QED) is 0.893. The van der Waals surface area contributed by atoms with Gasteiger partial charge in [-0.25, -0.2) is 4.98 Å². The molecule has 0 saturated heterocycles. The molecule has 1 aromatic heterocycles. The van der Waals surface area contributed by atoms with Crippen molar-refractivity contribution in [2.45, 2.75) is 13.3 Å². The zero-order chi connectivity index (χ0) is 13.1. The van der Waals surface area contributed by atoms with Crippen LogP contribution in [0.3, 0.4) is 0 Å². The highest BCUT2D eigenvalue weighted by Crippen LogP contribution is 2.10. The first-order valence-corrected chi connectivity index (χ1v) is 5.89. The fourth-order valence-electron chi connectivity index (χ4n) is 1.82. The van der Waals surface area contributed by atoms with Crippen molar-refractivity contribution in [3.05, 3.63) is 57.5 Å². The second kappa shape index (κ2) is 5.04. The van der Waals surface area contributed by atoms with E-state index < -0.39 is 0 Å². The van der Waals surface area contributed by atoms with Crippen molar-refractivity contribution in [3.63, 3.8) is 0 Å². The summed E-state index contributed by atoms with van der Waals surface area (Å²) in [6.07, 6.45) is 0.614. The van der Waals surface area contributed by atoms with Gasteiger partial charge in [-0.15, -0.1) is 0 Å². The van der Waals surface area contributed by atoms with E-state index in [9.17, 15) is 4.79 Å². The van der Waals surface area contributed by atoms with Crippen LogP contribution in [-0.2, 0) is 6.42 Å². The third-order valence-electron chi connectivity index (χ3n) is 2.86. The van der Waals surface area contributed by atoms with Crippen LogP contribution in [0.15, 0.2) is 35.1 Å². The highest BCUT2D eigenvalue weighted by molar-refractivity contribution is 5.33. The van der Waals surface area contributed by atoms with E-state index in [2.05, 4.69) is 9.97 Å². The fraction of sp³-hybridized carbons (Fsp3) is 0.286. The van der Waals surface area contributed by atoms with Crippen LogP contribution in [0.1, 0.15) is 16.8 Å². The van der Waals surface area contributed by atoms with Gasteiger partial charge in [0.05, 0.1) is 5.69 Å². The first-order valence-electron chi connectivity index (χ1n) is 5.89. The molecule has 18 heavy (non-hydrogen) atoms. The van der Waals surface area contributed by atoms with E-state index in [0.717, 1.165) is 16.8 Å². The third-order valence-corrected chi connectivity index (χ3v) is 2.86. The number of nitrogens with zero attached hydrogens (tertiary/aromatic N) is 2. The maximum atomic E-state index is 12.0. The molecule has 2 aromatic rings. The molecule has 0 aliphatic carbocycles. The molecule has 1 heterocycles. The van der Waals surface area contributed by atoms with E-state index in [4.69, 9.17) is 0 Å². The Labute approximate surface area is 106 Å². The van der Waals surface area contributed by atoms with Gasteiger partial charge in [-0.05, 0) is 12.5 Å².